The number of nitrogens with zero attached hydrogens (tertiary/aromatic N) is 1. The van der Waals surface area contributed by atoms with Crippen LogP contribution in [0.1, 0.15) is 12.5 Å². The van der Waals surface area contributed by atoms with Gasteiger partial charge in [0, 0.05) is 0 Å². The number of benzene rings is 2. The first-order valence-electron chi connectivity index (χ1n) is 5.35. The van der Waals surface area contributed by atoms with E-state index in [4.69, 9.17) is 0 Å². The van der Waals surface area contributed by atoms with Gasteiger partial charge in [-0.2, -0.15) is 0 Å². The molecular formula is C14H13FN. The third kappa shape index (κ3) is 2.40. The molecule has 2 rings (SSSR count). The molecule has 0 aromatic heterocycles. The average molecular weight is 214 g/mol. The van der Waals surface area contributed by atoms with E-state index in [0.29, 0.717) is 5.69 Å². The molecule has 0 bridgehead atoms. The van der Waals surface area contributed by atoms with Crippen molar-refractivity contribution in [2.45, 2.75) is 13.3 Å². The Morgan fingerprint density at radius 3 is 2.62 bits per heavy atom. The third-order valence-electron chi connectivity index (χ3n) is 2.43. The van der Waals surface area contributed by atoms with Crippen LogP contribution in [0.2, 0.25) is 0 Å². The summed E-state index contributed by atoms with van der Waals surface area (Å²) in [6, 6.07) is 14.2. The smallest absolute Gasteiger partial charge is 0.125 e. The fourth-order valence-electron chi connectivity index (χ4n) is 1.60. The van der Waals surface area contributed by atoms with Crippen molar-refractivity contribution < 1.29 is 4.39 Å². The highest BCUT2D eigenvalue weighted by Gasteiger charge is 2.02. The first kappa shape index (κ1) is 10.7. The van der Waals surface area contributed by atoms with E-state index in [1.165, 1.54) is 17.7 Å². The molecule has 0 saturated heterocycles. The summed E-state index contributed by atoms with van der Waals surface area (Å²) in [6.45, 7) is 2.08. The third-order valence-corrected chi connectivity index (χ3v) is 2.43. The lowest BCUT2D eigenvalue weighted by Crippen LogP contribution is -1.94. The van der Waals surface area contributed by atoms with Crippen LogP contribution in [0.4, 0.5) is 15.8 Å². The van der Waals surface area contributed by atoms with Gasteiger partial charge in [-0.15, -0.1) is 0 Å². The Kier molecular flexibility index (Phi) is 3.20. The number of para-hydroxylation sites is 1. The van der Waals surface area contributed by atoms with Gasteiger partial charge in [-0.1, -0.05) is 31.2 Å². The lowest BCUT2D eigenvalue weighted by Gasteiger charge is -2.07. The maximum absolute atomic E-state index is 13.0. The van der Waals surface area contributed by atoms with Gasteiger partial charge in [-0.3, -0.25) is 0 Å². The monoisotopic (exact) mass is 214 g/mol. The summed E-state index contributed by atoms with van der Waals surface area (Å²) in [4.78, 5) is 0. The van der Waals surface area contributed by atoms with Gasteiger partial charge in [0.2, 0.25) is 0 Å². The molecule has 0 N–H and O–H groups in total. The van der Waals surface area contributed by atoms with Crippen molar-refractivity contribution in [3.63, 3.8) is 0 Å². The summed E-state index contributed by atoms with van der Waals surface area (Å²) < 4.78 is 13.0. The number of aryl methyl sites for hydroxylation is 1. The molecule has 2 aromatic carbocycles. The van der Waals surface area contributed by atoms with Crippen molar-refractivity contribution in [2.75, 3.05) is 0 Å². The highest BCUT2D eigenvalue weighted by molar-refractivity contribution is 5.53. The van der Waals surface area contributed by atoms with Gasteiger partial charge >= 0.3 is 0 Å². The van der Waals surface area contributed by atoms with Crippen molar-refractivity contribution in [3.8, 4) is 0 Å². The van der Waals surface area contributed by atoms with E-state index >= 15 is 0 Å². The van der Waals surface area contributed by atoms with Crippen molar-refractivity contribution in [1.29, 1.82) is 0 Å². The SMILES string of the molecule is CCc1ccccc1[N]c1cccc(F)c1. The number of rotatable bonds is 3. The maximum Gasteiger partial charge on any atom is 0.125 e. The van der Waals surface area contributed by atoms with E-state index in [-0.39, 0.29) is 5.82 Å². The second kappa shape index (κ2) is 4.79. The van der Waals surface area contributed by atoms with Gasteiger partial charge in [-0.25, -0.2) is 9.71 Å². The molecule has 0 atom stereocenters. The average Bonchev–Trinajstić information content (AvgIpc) is 2.30. The number of hydrogen-bond acceptors (Lipinski definition) is 0. The molecule has 81 valence electrons. The molecule has 0 aliphatic heterocycles. The molecule has 0 amide bonds. The zero-order chi connectivity index (χ0) is 11.4. The predicted octanol–water partition coefficient (Wildman–Crippen LogP) is 3.96. The molecule has 1 radical (unpaired) electrons. The minimum atomic E-state index is -0.254. The molecular weight excluding hydrogens is 201 g/mol. The van der Waals surface area contributed by atoms with Crippen LogP contribution in [0.25, 0.3) is 0 Å². The molecule has 2 aromatic rings. The highest BCUT2D eigenvalue weighted by Crippen LogP contribution is 2.21. The Labute approximate surface area is 94.9 Å². The Balaban J connectivity index is 2.26. The van der Waals surface area contributed by atoms with Crippen LogP contribution in [0, 0.1) is 5.82 Å². The molecule has 0 fully saturated rings. The van der Waals surface area contributed by atoms with E-state index in [0.717, 1.165) is 12.1 Å². The molecule has 0 unspecified atom stereocenters. The summed E-state index contributed by atoms with van der Waals surface area (Å²) in [6.07, 6.45) is 0.926. The van der Waals surface area contributed by atoms with Crippen molar-refractivity contribution >= 4 is 11.4 Å². The van der Waals surface area contributed by atoms with Crippen LogP contribution in [-0.4, -0.2) is 0 Å². The van der Waals surface area contributed by atoms with Crippen LogP contribution < -0.4 is 5.32 Å². The number of hydrogen-bond donors (Lipinski definition) is 0. The summed E-state index contributed by atoms with van der Waals surface area (Å²) >= 11 is 0. The zero-order valence-corrected chi connectivity index (χ0v) is 9.15. The minimum absolute atomic E-state index is 0.254. The van der Waals surface area contributed by atoms with Crippen molar-refractivity contribution in [3.05, 3.63) is 59.9 Å². The van der Waals surface area contributed by atoms with Crippen LogP contribution in [-0.2, 0) is 6.42 Å². The Morgan fingerprint density at radius 2 is 1.88 bits per heavy atom. The molecule has 1 nitrogen and oxygen atoms in total. The van der Waals surface area contributed by atoms with Crippen LogP contribution in [0.5, 0.6) is 0 Å². The summed E-state index contributed by atoms with van der Waals surface area (Å²) in [7, 11) is 0. The molecule has 0 aliphatic carbocycles. The second-order valence-corrected chi connectivity index (χ2v) is 3.57. The van der Waals surface area contributed by atoms with Crippen LogP contribution in [0.15, 0.2) is 48.5 Å². The zero-order valence-electron chi connectivity index (χ0n) is 9.15. The quantitative estimate of drug-likeness (QED) is 0.734. The van der Waals surface area contributed by atoms with Gasteiger partial charge in [0.05, 0.1) is 11.4 Å². The number of halogens is 1. The van der Waals surface area contributed by atoms with Gasteiger partial charge < -0.3 is 0 Å². The standard InChI is InChI=1S/C14H13FN/c1-2-11-6-3-4-9-14(11)16-13-8-5-7-12(15)10-13/h3-10H,2H2,1H3. The van der Waals surface area contributed by atoms with E-state index < -0.39 is 0 Å². The van der Waals surface area contributed by atoms with Crippen LogP contribution >= 0.6 is 0 Å². The summed E-state index contributed by atoms with van der Waals surface area (Å²) in [5.74, 6) is -0.254. The minimum Gasteiger partial charge on any atom is -0.249 e. The summed E-state index contributed by atoms with van der Waals surface area (Å²) in [5.41, 5.74) is 2.74. The molecule has 0 heterocycles. The molecule has 2 heteroatoms. The first-order chi connectivity index (χ1) is 7.79. The highest BCUT2D eigenvalue weighted by atomic mass is 19.1. The lowest BCUT2D eigenvalue weighted by atomic mass is 10.1. The Hall–Kier alpha value is -1.83. The summed E-state index contributed by atoms with van der Waals surface area (Å²) in [5, 5.41) is 4.43. The Bertz CT molecular complexity index is 480. The van der Waals surface area contributed by atoms with Gasteiger partial charge in [0.1, 0.15) is 5.82 Å². The largest absolute Gasteiger partial charge is 0.249 e. The van der Waals surface area contributed by atoms with Crippen LogP contribution in [0.3, 0.4) is 0 Å². The molecule has 16 heavy (non-hydrogen) atoms. The van der Waals surface area contributed by atoms with Crippen molar-refractivity contribution in [1.82, 2.24) is 5.32 Å². The normalized spacial score (nSPS) is 10.1. The van der Waals surface area contributed by atoms with Gasteiger partial charge in [0.15, 0.2) is 0 Å². The van der Waals surface area contributed by atoms with Crippen molar-refractivity contribution in [2.24, 2.45) is 0 Å². The molecule has 0 aliphatic rings. The molecule has 0 saturated carbocycles. The van der Waals surface area contributed by atoms with E-state index in [1.807, 2.05) is 24.3 Å². The fourth-order valence-corrected chi connectivity index (χ4v) is 1.60. The fraction of sp³-hybridized carbons (Fsp3) is 0.143. The first-order valence-corrected chi connectivity index (χ1v) is 5.35. The van der Waals surface area contributed by atoms with E-state index in [9.17, 15) is 4.39 Å². The Morgan fingerprint density at radius 1 is 1.06 bits per heavy atom. The van der Waals surface area contributed by atoms with E-state index in [1.54, 1.807) is 12.1 Å². The second-order valence-electron chi connectivity index (χ2n) is 3.57. The predicted molar refractivity (Wildman–Crippen MR) is 63.7 cm³/mol. The van der Waals surface area contributed by atoms with Gasteiger partial charge in [-0.05, 0) is 36.2 Å². The lowest BCUT2D eigenvalue weighted by molar-refractivity contribution is 0.627. The van der Waals surface area contributed by atoms with Gasteiger partial charge in [0.25, 0.3) is 0 Å². The van der Waals surface area contributed by atoms with E-state index in [2.05, 4.69) is 12.2 Å². The maximum atomic E-state index is 13.0. The topological polar surface area (TPSA) is 14.1 Å². The molecule has 0 spiro atoms.